The highest BCUT2D eigenvalue weighted by molar-refractivity contribution is 5.12. The van der Waals surface area contributed by atoms with Crippen LogP contribution >= 0.6 is 0 Å². The molecule has 1 rings (SSSR count). The maximum Gasteiger partial charge on any atom is -0.00430 e. The minimum Gasteiger partial charge on any atom is -0.330 e. The molecular weight excluding hydrogens is 146 g/mol. The molecule has 1 fully saturated rings. The molecule has 0 aromatic rings. The van der Waals surface area contributed by atoms with Gasteiger partial charge in [-0.2, -0.15) is 0 Å². The summed E-state index contributed by atoms with van der Waals surface area (Å²) in [7, 11) is 0. The second-order valence-electron chi connectivity index (χ2n) is 3.79. The number of hydrogen-bond acceptors (Lipinski definition) is 1. The molecule has 0 aliphatic heterocycles. The Morgan fingerprint density at radius 1 is 1.58 bits per heavy atom. The average Bonchev–Trinajstić information content (AvgIpc) is 2.48. The molecule has 70 valence electrons. The van der Waals surface area contributed by atoms with E-state index in [0.717, 1.165) is 18.4 Å². The van der Waals surface area contributed by atoms with Crippen LogP contribution in [0.5, 0.6) is 0 Å². The van der Waals surface area contributed by atoms with Gasteiger partial charge >= 0.3 is 0 Å². The van der Waals surface area contributed by atoms with Crippen LogP contribution in [0.2, 0.25) is 0 Å². The molecule has 0 heterocycles. The summed E-state index contributed by atoms with van der Waals surface area (Å²) >= 11 is 0. The number of allylic oxidation sites excluding steroid dienone is 2. The zero-order valence-electron chi connectivity index (χ0n) is 8.34. The van der Waals surface area contributed by atoms with E-state index in [2.05, 4.69) is 19.9 Å². The first-order valence-electron chi connectivity index (χ1n) is 5.18. The van der Waals surface area contributed by atoms with Gasteiger partial charge < -0.3 is 5.73 Å². The van der Waals surface area contributed by atoms with Gasteiger partial charge in [0.05, 0.1) is 0 Å². The van der Waals surface area contributed by atoms with Gasteiger partial charge in [0.25, 0.3) is 0 Å². The second kappa shape index (κ2) is 4.66. The van der Waals surface area contributed by atoms with Gasteiger partial charge in [-0.1, -0.05) is 25.0 Å². The van der Waals surface area contributed by atoms with Crippen LogP contribution in [-0.2, 0) is 0 Å². The lowest BCUT2D eigenvalue weighted by molar-refractivity contribution is 0.404. The normalized spacial score (nSPS) is 33.1. The first-order valence-corrected chi connectivity index (χ1v) is 5.18. The smallest absolute Gasteiger partial charge is 0.00430 e. The van der Waals surface area contributed by atoms with Gasteiger partial charge in [-0.25, -0.2) is 0 Å². The standard InChI is InChI=1S/C11H21N/c1-3-5-11-9(4-2)6-7-10(11)8-12/h4,10-11H,3,5-8,12H2,1-2H3/b9-4+. The van der Waals surface area contributed by atoms with Crippen LogP contribution < -0.4 is 5.73 Å². The Bertz CT molecular complexity index is 160. The molecule has 0 saturated heterocycles. The molecule has 1 saturated carbocycles. The van der Waals surface area contributed by atoms with Gasteiger partial charge in [0.2, 0.25) is 0 Å². The number of hydrogen-bond donors (Lipinski definition) is 1. The zero-order valence-corrected chi connectivity index (χ0v) is 8.34. The Morgan fingerprint density at radius 2 is 2.33 bits per heavy atom. The second-order valence-corrected chi connectivity index (χ2v) is 3.79. The van der Waals surface area contributed by atoms with E-state index in [4.69, 9.17) is 5.73 Å². The highest BCUT2D eigenvalue weighted by atomic mass is 14.6. The Morgan fingerprint density at radius 3 is 2.83 bits per heavy atom. The minimum atomic E-state index is 0.774. The van der Waals surface area contributed by atoms with E-state index in [1.54, 1.807) is 5.57 Å². The van der Waals surface area contributed by atoms with Gasteiger partial charge in [-0.3, -0.25) is 0 Å². The topological polar surface area (TPSA) is 26.0 Å². The Balaban J connectivity index is 2.59. The largest absolute Gasteiger partial charge is 0.330 e. The maximum atomic E-state index is 5.74. The van der Waals surface area contributed by atoms with Gasteiger partial charge in [0.1, 0.15) is 0 Å². The van der Waals surface area contributed by atoms with Gasteiger partial charge in [-0.15, -0.1) is 0 Å². The molecule has 1 heteroatoms. The van der Waals surface area contributed by atoms with Crippen molar-refractivity contribution in [1.29, 1.82) is 0 Å². The van der Waals surface area contributed by atoms with Crippen molar-refractivity contribution in [3.63, 3.8) is 0 Å². The first kappa shape index (κ1) is 9.79. The summed E-state index contributed by atoms with van der Waals surface area (Å²) in [5, 5.41) is 0. The van der Waals surface area contributed by atoms with Crippen LogP contribution in [-0.4, -0.2) is 6.54 Å². The third-order valence-electron chi connectivity index (χ3n) is 3.12. The number of nitrogens with two attached hydrogens (primary N) is 1. The predicted molar refractivity (Wildman–Crippen MR) is 53.9 cm³/mol. The Labute approximate surface area is 76.0 Å². The van der Waals surface area contributed by atoms with Crippen LogP contribution in [0.25, 0.3) is 0 Å². The average molecular weight is 167 g/mol. The highest BCUT2D eigenvalue weighted by Gasteiger charge is 2.28. The molecule has 0 radical (unpaired) electrons. The van der Waals surface area contributed by atoms with E-state index in [1.807, 2.05) is 0 Å². The first-order chi connectivity index (χ1) is 5.83. The Kier molecular flexibility index (Phi) is 3.80. The lowest BCUT2D eigenvalue weighted by Gasteiger charge is -2.18. The molecule has 0 amide bonds. The third kappa shape index (κ3) is 1.89. The lowest BCUT2D eigenvalue weighted by atomic mass is 9.89. The van der Waals surface area contributed by atoms with E-state index < -0.39 is 0 Å². The van der Waals surface area contributed by atoms with Crippen molar-refractivity contribution in [2.45, 2.75) is 39.5 Å². The molecule has 12 heavy (non-hydrogen) atoms. The van der Waals surface area contributed by atoms with Gasteiger partial charge in [-0.05, 0) is 44.6 Å². The predicted octanol–water partition coefficient (Wildman–Crippen LogP) is 2.72. The molecule has 0 bridgehead atoms. The fourth-order valence-electron chi connectivity index (χ4n) is 2.41. The molecule has 1 nitrogen and oxygen atoms in total. The number of rotatable bonds is 3. The van der Waals surface area contributed by atoms with Crippen molar-refractivity contribution in [2.24, 2.45) is 17.6 Å². The molecule has 0 aromatic heterocycles. The molecule has 2 atom stereocenters. The molecule has 1 aliphatic rings. The highest BCUT2D eigenvalue weighted by Crippen LogP contribution is 2.38. The molecule has 0 aromatic carbocycles. The van der Waals surface area contributed by atoms with Crippen molar-refractivity contribution < 1.29 is 0 Å². The van der Waals surface area contributed by atoms with E-state index in [1.165, 1.54) is 25.7 Å². The van der Waals surface area contributed by atoms with Crippen molar-refractivity contribution >= 4 is 0 Å². The van der Waals surface area contributed by atoms with Gasteiger partial charge in [0, 0.05) is 0 Å². The Hall–Kier alpha value is -0.300. The molecule has 0 spiro atoms. The summed E-state index contributed by atoms with van der Waals surface area (Å²) in [6, 6.07) is 0. The van der Waals surface area contributed by atoms with E-state index >= 15 is 0 Å². The molecule has 2 unspecified atom stereocenters. The van der Waals surface area contributed by atoms with E-state index in [9.17, 15) is 0 Å². The van der Waals surface area contributed by atoms with Crippen LogP contribution in [0.15, 0.2) is 11.6 Å². The van der Waals surface area contributed by atoms with Gasteiger partial charge in [0.15, 0.2) is 0 Å². The van der Waals surface area contributed by atoms with Crippen LogP contribution in [0.4, 0.5) is 0 Å². The monoisotopic (exact) mass is 167 g/mol. The summed E-state index contributed by atoms with van der Waals surface area (Å²) in [6.45, 7) is 5.30. The minimum absolute atomic E-state index is 0.774. The summed E-state index contributed by atoms with van der Waals surface area (Å²) in [5.74, 6) is 1.58. The quantitative estimate of drug-likeness (QED) is 0.643. The summed E-state index contributed by atoms with van der Waals surface area (Å²) < 4.78 is 0. The van der Waals surface area contributed by atoms with Crippen molar-refractivity contribution in [3.8, 4) is 0 Å². The van der Waals surface area contributed by atoms with Crippen LogP contribution in [0.3, 0.4) is 0 Å². The fraction of sp³-hybridized carbons (Fsp3) is 0.818. The van der Waals surface area contributed by atoms with E-state index in [0.29, 0.717) is 0 Å². The van der Waals surface area contributed by atoms with Crippen LogP contribution in [0, 0.1) is 11.8 Å². The van der Waals surface area contributed by atoms with Crippen molar-refractivity contribution in [2.75, 3.05) is 6.54 Å². The maximum absolute atomic E-state index is 5.74. The SMILES string of the molecule is C/C=C1\CCC(CN)C1CCC. The summed E-state index contributed by atoms with van der Waals surface area (Å²) in [4.78, 5) is 0. The van der Waals surface area contributed by atoms with Crippen molar-refractivity contribution in [3.05, 3.63) is 11.6 Å². The fourth-order valence-corrected chi connectivity index (χ4v) is 2.41. The molecule has 1 aliphatic carbocycles. The molecule has 2 N–H and O–H groups in total. The van der Waals surface area contributed by atoms with E-state index in [-0.39, 0.29) is 0 Å². The molecular formula is C11H21N. The summed E-state index contributed by atoms with van der Waals surface area (Å²) in [5.41, 5.74) is 7.40. The zero-order chi connectivity index (χ0) is 8.97. The summed E-state index contributed by atoms with van der Waals surface area (Å²) in [6.07, 6.45) is 7.54. The van der Waals surface area contributed by atoms with Crippen LogP contribution in [0.1, 0.15) is 39.5 Å². The third-order valence-corrected chi connectivity index (χ3v) is 3.12. The lowest BCUT2D eigenvalue weighted by Crippen LogP contribution is -2.19. The van der Waals surface area contributed by atoms with Crippen molar-refractivity contribution in [1.82, 2.24) is 0 Å².